The Balaban J connectivity index is 1.48. The summed E-state index contributed by atoms with van der Waals surface area (Å²) in [6, 6.07) is 12.0. The minimum Gasteiger partial charge on any atom is -0.484 e. The molecule has 0 spiro atoms. The highest BCUT2D eigenvalue weighted by Gasteiger charge is 2.13. The standard InChI is InChI=1S/C23H26N6O2/c1-14(2)25-22(30)13-31-18-6-7-19(15(3)9-18)23-26-21(29(4)28-23)11-16-5-8-20-17(10-16)12-24-27-20/h5-10,12,14H,11,13H2,1-4H3,(H,24,27)(H,25,30). The predicted octanol–water partition coefficient (Wildman–Crippen LogP) is 3.16. The molecule has 0 radical (unpaired) electrons. The molecule has 1 amide bonds. The van der Waals surface area contributed by atoms with Crippen LogP contribution >= 0.6 is 0 Å². The molecule has 4 aromatic rings. The second-order valence-electron chi connectivity index (χ2n) is 7.93. The fourth-order valence-electron chi connectivity index (χ4n) is 3.46. The van der Waals surface area contributed by atoms with Gasteiger partial charge in [0.15, 0.2) is 12.4 Å². The van der Waals surface area contributed by atoms with E-state index in [-0.39, 0.29) is 18.6 Å². The average Bonchev–Trinajstić information content (AvgIpc) is 3.32. The molecule has 0 saturated heterocycles. The summed E-state index contributed by atoms with van der Waals surface area (Å²) in [6.45, 7) is 5.81. The van der Waals surface area contributed by atoms with Crippen LogP contribution in [0.4, 0.5) is 0 Å². The first kappa shape index (κ1) is 20.6. The summed E-state index contributed by atoms with van der Waals surface area (Å²) in [5.74, 6) is 2.05. The topological polar surface area (TPSA) is 97.7 Å². The SMILES string of the molecule is Cc1cc(OCC(=O)NC(C)C)ccc1-c1nc(Cc2ccc3[nH]ncc3c2)n(C)n1. The van der Waals surface area contributed by atoms with Crippen molar-refractivity contribution in [1.29, 1.82) is 0 Å². The van der Waals surface area contributed by atoms with Crippen LogP contribution in [0.5, 0.6) is 5.75 Å². The molecular weight excluding hydrogens is 392 g/mol. The number of H-pyrrole nitrogens is 1. The van der Waals surface area contributed by atoms with Crippen LogP contribution in [0, 0.1) is 6.92 Å². The van der Waals surface area contributed by atoms with Gasteiger partial charge in [-0.05, 0) is 62.2 Å². The summed E-state index contributed by atoms with van der Waals surface area (Å²) in [4.78, 5) is 16.5. The fourth-order valence-corrected chi connectivity index (χ4v) is 3.46. The predicted molar refractivity (Wildman–Crippen MR) is 119 cm³/mol. The van der Waals surface area contributed by atoms with E-state index in [1.165, 1.54) is 0 Å². The molecule has 2 aromatic heterocycles. The van der Waals surface area contributed by atoms with Crippen molar-refractivity contribution >= 4 is 16.8 Å². The van der Waals surface area contributed by atoms with E-state index in [0.717, 1.165) is 33.4 Å². The molecule has 0 aliphatic carbocycles. The number of aromatic nitrogens is 5. The average molecular weight is 419 g/mol. The molecule has 8 heteroatoms. The maximum atomic E-state index is 11.8. The van der Waals surface area contributed by atoms with Gasteiger partial charge in [0.05, 0.1) is 11.7 Å². The number of fused-ring (bicyclic) bond motifs is 1. The van der Waals surface area contributed by atoms with Gasteiger partial charge in [-0.2, -0.15) is 10.2 Å². The lowest BCUT2D eigenvalue weighted by Gasteiger charge is -2.11. The van der Waals surface area contributed by atoms with Gasteiger partial charge in [0.25, 0.3) is 5.91 Å². The van der Waals surface area contributed by atoms with Crippen LogP contribution in [0.25, 0.3) is 22.3 Å². The van der Waals surface area contributed by atoms with E-state index < -0.39 is 0 Å². The number of carbonyl (C=O) groups is 1. The highest BCUT2D eigenvalue weighted by Crippen LogP contribution is 2.25. The van der Waals surface area contributed by atoms with Gasteiger partial charge in [0.1, 0.15) is 11.6 Å². The third kappa shape index (κ3) is 4.74. The quantitative estimate of drug-likeness (QED) is 0.480. The second-order valence-corrected chi connectivity index (χ2v) is 7.93. The molecule has 2 N–H and O–H groups in total. The molecule has 4 rings (SSSR count). The Labute approximate surface area is 180 Å². The van der Waals surface area contributed by atoms with Crippen LogP contribution < -0.4 is 10.1 Å². The van der Waals surface area contributed by atoms with Crippen LogP contribution in [0.3, 0.4) is 0 Å². The van der Waals surface area contributed by atoms with Crippen molar-refractivity contribution in [3.8, 4) is 17.1 Å². The van der Waals surface area contributed by atoms with Gasteiger partial charge in [0, 0.05) is 30.5 Å². The highest BCUT2D eigenvalue weighted by molar-refractivity contribution is 5.78. The van der Waals surface area contributed by atoms with Crippen molar-refractivity contribution < 1.29 is 9.53 Å². The number of amides is 1. The summed E-state index contributed by atoms with van der Waals surface area (Å²) in [6.07, 6.45) is 2.50. The number of nitrogens with zero attached hydrogens (tertiary/aromatic N) is 4. The first-order chi connectivity index (χ1) is 14.9. The van der Waals surface area contributed by atoms with Gasteiger partial charge in [-0.1, -0.05) is 6.07 Å². The number of benzene rings is 2. The van der Waals surface area contributed by atoms with Gasteiger partial charge < -0.3 is 10.1 Å². The molecule has 0 fully saturated rings. The van der Waals surface area contributed by atoms with Crippen LogP contribution in [0.15, 0.2) is 42.6 Å². The molecule has 160 valence electrons. The highest BCUT2D eigenvalue weighted by atomic mass is 16.5. The summed E-state index contributed by atoms with van der Waals surface area (Å²) >= 11 is 0. The van der Waals surface area contributed by atoms with Gasteiger partial charge in [-0.3, -0.25) is 14.6 Å². The number of nitrogens with one attached hydrogen (secondary N) is 2. The minimum absolute atomic E-state index is 0.00996. The second kappa shape index (κ2) is 8.59. The maximum Gasteiger partial charge on any atom is 0.258 e. The van der Waals surface area contributed by atoms with E-state index in [4.69, 9.17) is 9.72 Å². The van der Waals surface area contributed by atoms with E-state index in [1.54, 1.807) is 0 Å². The largest absolute Gasteiger partial charge is 0.484 e. The zero-order valence-electron chi connectivity index (χ0n) is 18.1. The van der Waals surface area contributed by atoms with Gasteiger partial charge in [-0.25, -0.2) is 4.98 Å². The van der Waals surface area contributed by atoms with E-state index in [2.05, 4.69) is 32.7 Å². The van der Waals surface area contributed by atoms with E-state index in [0.29, 0.717) is 18.0 Å². The molecule has 0 atom stereocenters. The van der Waals surface area contributed by atoms with Crippen molar-refractivity contribution in [1.82, 2.24) is 30.3 Å². The van der Waals surface area contributed by atoms with Gasteiger partial charge in [0.2, 0.25) is 0 Å². The summed E-state index contributed by atoms with van der Waals surface area (Å²) in [5.41, 5.74) is 4.09. The number of aromatic amines is 1. The Morgan fingerprint density at radius 3 is 2.84 bits per heavy atom. The first-order valence-corrected chi connectivity index (χ1v) is 10.2. The van der Waals surface area contributed by atoms with Crippen LogP contribution in [0.1, 0.15) is 30.8 Å². The van der Waals surface area contributed by atoms with Crippen LogP contribution in [-0.2, 0) is 18.3 Å². The molecule has 0 bridgehead atoms. The van der Waals surface area contributed by atoms with E-state index in [9.17, 15) is 4.79 Å². The Bertz CT molecular complexity index is 1220. The van der Waals surface area contributed by atoms with E-state index >= 15 is 0 Å². The lowest BCUT2D eigenvalue weighted by atomic mass is 10.1. The zero-order valence-corrected chi connectivity index (χ0v) is 18.1. The number of carbonyl (C=O) groups excluding carboxylic acids is 1. The molecular formula is C23H26N6O2. The Morgan fingerprint density at radius 1 is 1.23 bits per heavy atom. The number of aryl methyl sites for hydroxylation is 2. The number of hydrogen-bond donors (Lipinski definition) is 2. The first-order valence-electron chi connectivity index (χ1n) is 10.2. The molecule has 2 heterocycles. The van der Waals surface area contributed by atoms with Crippen molar-refractivity contribution in [2.24, 2.45) is 7.05 Å². The van der Waals surface area contributed by atoms with Gasteiger partial charge >= 0.3 is 0 Å². The lowest BCUT2D eigenvalue weighted by molar-refractivity contribution is -0.123. The van der Waals surface area contributed by atoms with Crippen molar-refractivity contribution in [3.63, 3.8) is 0 Å². The molecule has 0 saturated carbocycles. The Hall–Kier alpha value is -3.68. The fraction of sp³-hybridized carbons (Fsp3) is 0.304. The third-order valence-electron chi connectivity index (χ3n) is 4.98. The molecule has 8 nitrogen and oxygen atoms in total. The monoisotopic (exact) mass is 418 g/mol. The zero-order chi connectivity index (χ0) is 22.0. The van der Waals surface area contributed by atoms with Crippen LogP contribution in [0.2, 0.25) is 0 Å². The normalized spacial score (nSPS) is 11.3. The lowest BCUT2D eigenvalue weighted by Crippen LogP contribution is -2.34. The van der Waals surface area contributed by atoms with Crippen molar-refractivity contribution in [2.75, 3.05) is 6.61 Å². The third-order valence-corrected chi connectivity index (χ3v) is 4.98. The molecule has 0 aliphatic rings. The maximum absolute atomic E-state index is 11.8. The molecule has 2 aromatic carbocycles. The summed E-state index contributed by atoms with van der Waals surface area (Å²) < 4.78 is 7.43. The smallest absolute Gasteiger partial charge is 0.258 e. The molecule has 0 unspecified atom stereocenters. The van der Waals surface area contributed by atoms with Crippen molar-refractivity contribution in [3.05, 3.63) is 59.5 Å². The van der Waals surface area contributed by atoms with Crippen molar-refractivity contribution in [2.45, 2.75) is 33.2 Å². The number of rotatable bonds is 7. The number of ether oxygens (including phenoxy) is 1. The molecule has 31 heavy (non-hydrogen) atoms. The Morgan fingerprint density at radius 2 is 2.06 bits per heavy atom. The van der Waals surface area contributed by atoms with E-state index in [1.807, 2.05) is 63.0 Å². The minimum atomic E-state index is -0.138. The number of hydrogen-bond acceptors (Lipinski definition) is 5. The molecule has 0 aliphatic heterocycles. The Kier molecular flexibility index (Phi) is 5.70. The van der Waals surface area contributed by atoms with Crippen LogP contribution in [-0.4, -0.2) is 43.5 Å². The summed E-state index contributed by atoms with van der Waals surface area (Å²) in [7, 11) is 1.91. The van der Waals surface area contributed by atoms with Gasteiger partial charge in [-0.15, -0.1) is 0 Å². The summed E-state index contributed by atoms with van der Waals surface area (Å²) in [5, 5.41) is 15.5.